The molecule has 0 unspecified atom stereocenters. The van der Waals surface area contributed by atoms with Gasteiger partial charge in [0.2, 0.25) is 0 Å². The van der Waals surface area contributed by atoms with Crippen molar-refractivity contribution in [1.29, 1.82) is 0 Å². The average Bonchev–Trinajstić information content (AvgIpc) is 3.12. The minimum absolute atomic E-state index is 0.162. The molecular weight excluding hydrogens is 358 g/mol. The van der Waals surface area contributed by atoms with Crippen molar-refractivity contribution in [3.05, 3.63) is 70.4 Å². The van der Waals surface area contributed by atoms with Crippen LogP contribution in [0.15, 0.2) is 48.5 Å². The lowest BCUT2D eigenvalue weighted by molar-refractivity contribution is -0.116. The molecule has 1 aliphatic carbocycles. The van der Waals surface area contributed by atoms with E-state index >= 15 is 0 Å². The van der Waals surface area contributed by atoms with Gasteiger partial charge < -0.3 is 5.32 Å². The Bertz CT molecular complexity index is 999. The molecule has 0 radical (unpaired) electrons. The van der Waals surface area contributed by atoms with E-state index in [-0.39, 0.29) is 5.78 Å². The SMILES string of the molecule is CC(=O)Cc1ccc(Nc2nc(-c3cccc(Cl)c3)nc3c2CCC3)cc1. The minimum atomic E-state index is 0.162. The zero-order chi connectivity index (χ0) is 18.8. The molecule has 2 aromatic carbocycles. The van der Waals surface area contributed by atoms with Gasteiger partial charge in [0.05, 0.1) is 0 Å². The molecule has 4 rings (SSSR count). The third kappa shape index (κ3) is 4.01. The Morgan fingerprint density at radius 3 is 2.67 bits per heavy atom. The third-order valence-corrected chi connectivity index (χ3v) is 4.92. The highest BCUT2D eigenvalue weighted by molar-refractivity contribution is 6.30. The van der Waals surface area contributed by atoms with E-state index in [1.807, 2.05) is 48.5 Å². The van der Waals surface area contributed by atoms with E-state index in [4.69, 9.17) is 21.6 Å². The summed E-state index contributed by atoms with van der Waals surface area (Å²) in [4.78, 5) is 20.8. The number of hydrogen-bond acceptors (Lipinski definition) is 4. The van der Waals surface area contributed by atoms with Crippen LogP contribution in [0.4, 0.5) is 11.5 Å². The van der Waals surface area contributed by atoms with Gasteiger partial charge in [0.15, 0.2) is 5.82 Å². The van der Waals surface area contributed by atoms with Crippen LogP contribution in [-0.4, -0.2) is 15.8 Å². The monoisotopic (exact) mass is 377 g/mol. The van der Waals surface area contributed by atoms with E-state index in [0.717, 1.165) is 47.6 Å². The van der Waals surface area contributed by atoms with Gasteiger partial charge in [-0.05, 0) is 56.0 Å². The number of nitrogens with one attached hydrogen (secondary N) is 1. The number of hydrogen-bond donors (Lipinski definition) is 1. The van der Waals surface area contributed by atoms with Crippen molar-refractivity contribution in [2.75, 3.05) is 5.32 Å². The standard InChI is InChI=1S/C22H20ClN3O/c1-14(27)12-15-8-10-18(11-9-15)24-22-19-6-3-7-20(19)25-21(26-22)16-4-2-5-17(23)13-16/h2,4-5,8-11,13H,3,6-7,12H2,1H3,(H,24,25,26). The molecule has 1 aromatic heterocycles. The molecule has 0 aliphatic heterocycles. The van der Waals surface area contributed by atoms with Crippen LogP contribution >= 0.6 is 11.6 Å². The third-order valence-electron chi connectivity index (χ3n) is 4.69. The van der Waals surface area contributed by atoms with Crippen molar-refractivity contribution >= 4 is 28.9 Å². The van der Waals surface area contributed by atoms with Crippen molar-refractivity contribution in [1.82, 2.24) is 9.97 Å². The summed E-state index contributed by atoms with van der Waals surface area (Å²) in [6.45, 7) is 1.60. The van der Waals surface area contributed by atoms with Gasteiger partial charge in [-0.25, -0.2) is 9.97 Å². The second-order valence-electron chi connectivity index (χ2n) is 6.89. The first-order valence-corrected chi connectivity index (χ1v) is 9.47. The van der Waals surface area contributed by atoms with Crippen LogP contribution < -0.4 is 5.32 Å². The van der Waals surface area contributed by atoms with Crippen LogP contribution in [0.2, 0.25) is 5.02 Å². The van der Waals surface area contributed by atoms with Gasteiger partial charge in [0.25, 0.3) is 0 Å². The molecular formula is C22H20ClN3O. The first kappa shape index (κ1) is 17.7. The molecule has 4 nitrogen and oxygen atoms in total. The number of rotatable bonds is 5. The van der Waals surface area contributed by atoms with Crippen LogP contribution in [0, 0.1) is 0 Å². The van der Waals surface area contributed by atoms with Crippen molar-refractivity contribution in [2.24, 2.45) is 0 Å². The van der Waals surface area contributed by atoms with Crippen LogP contribution in [0.25, 0.3) is 11.4 Å². The molecule has 1 aliphatic rings. The van der Waals surface area contributed by atoms with Gasteiger partial charge in [0, 0.05) is 34.0 Å². The molecule has 0 saturated heterocycles. The average molecular weight is 378 g/mol. The number of nitrogens with zero attached hydrogens (tertiary/aromatic N) is 2. The number of Topliss-reactive ketones (excluding diaryl/α,β-unsaturated/α-hetero) is 1. The van der Waals surface area contributed by atoms with E-state index in [0.29, 0.717) is 17.3 Å². The zero-order valence-corrected chi connectivity index (χ0v) is 15.9. The Morgan fingerprint density at radius 1 is 1.11 bits per heavy atom. The summed E-state index contributed by atoms with van der Waals surface area (Å²) in [5.74, 6) is 1.70. The number of aryl methyl sites for hydroxylation is 1. The molecule has 0 spiro atoms. The Labute approximate surface area is 163 Å². The summed E-state index contributed by atoms with van der Waals surface area (Å²) in [5.41, 5.74) is 5.18. The summed E-state index contributed by atoms with van der Waals surface area (Å²) in [5, 5.41) is 4.11. The van der Waals surface area contributed by atoms with Gasteiger partial charge in [0.1, 0.15) is 11.6 Å². The summed E-state index contributed by atoms with van der Waals surface area (Å²) < 4.78 is 0. The second kappa shape index (κ2) is 7.49. The number of fused-ring (bicyclic) bond motifs is 1. The molecule has 0 fully saturated rings. The van der Waals surface area contributed by atoms with E-state index in [1.165, 1.54) is 5.56 Å². The van der Waals surface area contributed by atoms with Gasteiger partial charge in [-0.1, -0.05) is 35.9 Å². The number of carbonyl (C=O) groups excluding carboxylic acids is 1. The fourth-order valence-corrected chi connectivity index (χ4v) is 3.61. The summed E-state index contributed by atoms with van der Waals surface area (Å²) in [7, 11) is 0. The number of benzene rings is 2. The van der Waals surface area contributed by atoms with Crippen molar-refractivity contribution in [2.45, 2.75) is 32.6 Å². The first-order valence-electron chi connectivity index (χ1n) is 9.09. The number of halogens is 1. The number of ketones is 1. The maximum atomic E-state index is 11.3. The van der Waals surface area contributed by atoms with E-state index in [1.54, 1.807) is 6.92 Å². The van der Waals surface area contributed by atoms with Crippen molar-refractivity contribution in [3.63, 3.8) is 0 Å². The highest BCUT2D eigenvalue weighted by Crippen LogP contribution is 2.31. The minimum Gasteiger partial charge on any atom is -0.340 e. The quantitative estimate of drug-likeness (QED) is 0.667. The van der Waals surface area contributed by atoms with E-state index in [2.05, 4.69) is 5.32 Å². The smallest absolute Gasteiger partial charge is 0.161 e. The molecule has 1 N–H and O–H groups in total. The van der Waals surface area contributed by atoms with Gasteiger partial charge in [-0.2, -0.15) is 0 Å². The molecule has 1 heterocycles. The zero-order valence-electron chi connectivity index (χ0n) is 15.1. The second-order valence-corrected chi connectivity index (χ2v) is 7.32. The first-order chi connectivity index (χ1) is 13.1. The van der Waals surface area contributed by atoms with Gasteiger partial charge in [-0.3, -0.25) is 4.79 Å². The number of carbonyl (C=O) groups is 1. The topological polar surface area (TPSA) is 54.9 Å². The number of anilines is 2. The molecule has 3 aromatic rings. The molecule has 0 saturated carbocycles. The Morgan fingerprint density at radius 2 is 1.93 bits per heavy atom. The molecule has 5 heteroatoms. The molecule has 0 amide bonds. The highest BCUT2D eigenvalue weighted by atomic mass is 35.5. The molecule has 0 atom stereocenters. The van der Waals surface area contributed by atoms with Crippen LogP contribution in [-0.2, 0) is 24.1 Å². The van der Waals surface area contributed by atoms with Crippen LogP contribution in [0.3, 0.4) is 0 Å². The maximum Gasteiger partial charge on any atom is 0.161 e. The van der Waals surface area contributed by atoms with Crippen molar-refractivity contribution in [3.8, 4) is 11.4 Å². The predicted molar refractivity (Wildman–Crippen MR) is 109 cm³/mol. The van der Waals surface area contributed by atoms with E-state index < -0.39 is 0 Å². The maximum absolute atomic E-state index is 11.3. The Balaban J connectivity index is 1.67. The van der Waals surface area contributed by atoms with Crippen LogP contribution in [0.5, 0.6) is 0 Å². The van der Waals surface area contributed by atoms with Gasteiger partial charge in [-0.15, -0.1) is 0 Å². The van der Waals surface area contributed by atoms with Gasteiger partial charge >= 0.3 is 0 Å². The fourth-order valence-electron chi connectivity index (χ4n) is 3.42. The Kier molecular flexibility index (Phi) is 4.90. The lowest BCUT2D eigenvalue weighted by atomic mass is 10.1. The largest absolute Gasteiger partial charge is 0.340 e. The summed E-state index contributed by atoms with van der Waals surface area (Å²) in [6, 6.07) is 15.5. The molecule has 0 bridgehead atoms. The summed E-state index contributed by atoms with van der Waals surface area (Å²) in [6.07, 6.45) is 3.50. The molecule has 136 valence electrons. The molecule has 27 heavy (non-hydrogen) atoms. The number of aromatic nitrogens is 2. The fraction of sp³-hybridized carbons (Fsp3) is 0.227. The van der Waals surface area contributed by atoms with Crippen LogP contribution in [0.1, 0.15) is 30.2 Å². The normalized spacial score (nSPS) is 12.7. The Hall–Kier alpha value is -2.72. The highest BCUT2D eigenvalue weighted by Gasteiger charge is 2.20. The lowest BCUT2D eigenvalue weighted by Crippen LogP contribution is -2.04. The summed E-state index contributed by atoms with van der Waals surface area (Å²) >= 11 is 6.14. The predicted octanol–water partition coefficient (Wildman–Crippen LogP) is 5.16. The van der Waals surface area contributed by atoms with Crippen molar-refractivity contribution < 1.29 is 4.79 Å². The van der Waals surface area contributed by atoms with E-state index in [9.17, 15) is 4.79 Å². The lowest BCUT2D eigenvalue weighted by Gasteiger charge is -2.13.